The van der Waals surface area contributed by atoms with Gasteiger partial charge in [0.25, 0.3) is 0 Å². The maximum Gasteiger partial charge on any atom is 0.490 e. The molecule has 3 rings (SSSR count). The summed E-state index contributed by atoms with van der Waals surface area (Å²) < 4.78 is 97.1. The summed E-state index contributed by atoms with van der Waals surface area (Å²) in [5, 5.41) is 14.7. The molecule has 3 heterocycles. The zero-order valence-corrected chi connectivity index (χ0v) is 21.8. The molecule has 0 saturated carbocycles. The Morgan fingerprint density at radius 2 is 1.57 bits per heavy atom. The first kappa shape index (κ1) is 34.0. The first-order valence-corrected chi connectivity index (χ1v) is 12.4. The molecule has 0 aliphatic rings. The molecule has 0 atom stereocenters. The molecule has 5 N–H and O–H groups in total. The molecule has 0 aliphatic heterocycles. The number of nitrogens with two attached hydrogens (primary N) is 1. The lowest BCUT2D eigenvalue weighted by atomic mass is 10.2. The van der Waals surface area contributed by atoms with Crippen LogP contribution < -0.4 is 15.2 Å². The number of carboxylic acid groups (broad SMARTS) is 2. The lowest BCUT2D eigenvalue weighted by molar-refractivity contribution is -0.193. The monoisotopic (exact) mass is 623 g/mol. The summed E-state index contributed by atoms with van der Waals surface area (Å²) in [6.07, 6.45) is -5.28. The third kappa shape index (κ3) is 9.95. The number of nitrogen functional groups attached to an aromatic ring is 1. The van der Waals surface area contributed by atoms with Gasteiger partial charge in [0, 0.05) is 18.0 Å². The second kappa shape index (κ2) is 13.4. The molecule has 40 heavy (non-hydrogen) atoms. The van der Waals surface area contributed by atoms with Gasteiger partial charge in [-0.3, -0.25) is 9.12 Å². The Morgan fingerprint density at radius 1 is 1.05 bits per heavy atom. The van der Waals surface area contributed by atoms with Crippen LogP contribution in [0.5, 0.6) is 5.88 Å². The number of carboxylic acids is 2. The zero-order valence-electron chi connectivity index (χ0n) is 20.2. The third-order valence-electron chi connectivity index (χ3n) is 4.16. The number of hydrogen-bond acceptors (Lipinski definition) is 8. The van der Waals surface area contributed by atoms with Crippen LogP contribution in [0.1, 0.15) is 13.8 Å². The molecule has 0 spiro atoms. The first-order valence-electron chi connectivity index (χ1n) is 10.4. The second-order valence-electron chi connectivity index (χ2n) is 7.07. The molecule has 0 unspecified atom stereocenters. The van der Waals surface area contributed by atoms with Gasteiger partial charge in [0.1, 0.15) is 5.69 Å². The van der Waals surface area contributed by atoms with Gasteiger partial charge in [0.05, 0.1) is 35.0 Å². The molecular weight excluding hydrogens is 604 g/mol. The van der Waals surface area contributed by atoms with Crippen molar-refractivity contribution in [1.29, 1.82) is 0 Å². The topological polar surface area (TPSA) is 186 Å². The molecular formula is C20H20ClF6N5O7S. The Balaban J connectivity index is 0.000000473. The summed E-state index contributed by atoms with van der Waals surface area (Å²) >= 11 is 6.09. The summed E-state index contributed by atoms with van der Waals surface area (Å²) in [5.74, 6) is -5.37. The van der Waals surface area contributed by atoms with Crippen molar-refractivity contribution in [2.45, 2.75) is 26.2 Å². The van der Waals surface area contributed by atoms with Gasteiger partial charge in [0.2, 0.25) is 15.9 Å². The number of nitrogens with one attached hydrogen (secondary N) is 1. The van der Waals surface area contributed by atoms with E-state index in [9.17, 15) is 34.8 Å². The summed E-state index contributed by atoms with van der Waals surface area (Å²) in [5.41, 5.74) is 8.50. The highest BCUT2D eigenvalue weighted by atomic mass is 35.5. The highest BCUT2D eigenvalue weighted by Crippen LogP contribution is 2.31. The average Bonchev–Trinajstić information content (AvgIpc) is 3.24. The van der Waals surface area contributed by atoms with Crippen LogP contribution >= 0.6 is 11.6 Å². The van der Waals surface area contributed by atoms with Crippen molar-refractivity contribution < 1.29 is 59.3 Å². The summed E-state index contributed by atoms with van der Waals surface area (Å²) in [6.45, 7) is 3.70. The number of aliphatic carboxylic acids is 2. The number of halogens is 7. The highest BCUT2D eigenvalue weighted by molar-refractivity contribution is 7.92. The summed E-state index contributed by atoms with van der Waals surface area (Å²) in [6, 6.07) is 3.26. The quantitative estimate of drug-likeness (QED) is 0.292. The first-order chi connectivity index (χ1) is 18.2. The van der Waals surface area contributed by atoms with E-state index in [1.165, 1.54) is 0 Å². The number of anilines is 2. The number of ether oxygens (including phenoxy) is 1. The van der Waals surface area contributed by atoms with Crippen molar-refractivity contribution in [1.82, 2.24) is 14.4 Å². The Hall–Kier alpha value is -4.00. The van der Waals surface area contributed by atoms with Crippen molar-refractivity contribution in [3.05, 3.63) is 35.7 Å². The average molecular weight is 624 g/mol. The van der Waals surface area contributed by atoms with Gasteiger partial charge in [-0.25, -0.2) is 28.0 Å². The van der Waals surface area contributed by atoms with Crippen LogP contribution in [-0.4, -0.2) is 69.7 Å². The van der Waals surface area contributed by atoms with Crippen molar-refractivity contribution in [2.75, 3.05) is 22.8 Å². The largest absolute Gasteiger partial charge is 0.490 e. The van der Waals surface area contributed by atoms with Gasteiger partial charge in [0.15, 0.2) is 5.65 Å². The maximum atomic E-state index is 12.0. The van der Waals surface area contributed by atoms with Gasteiger partial charge >= 0.3 is 24.3 Å². The predicted octanol–water partition coefficient (Wildman–Crippen LogP) is 4.06. The Morgan fingerprint density at radius 3 is 2.02 bits per heavy atom. The Bertz CT molecular complexity index is 1440. The standard InChI is InChI=1S/C16H18ClN5O3S.2C2HF3O2/c1-3-25-16-13(21-26(23,24)4-2)5-10(7-20-16)14-8-19-15-12(18)6-11(17)9-22(14)15;2*3-2(4,5)1(6)7/h5-9,21H,3-4,18H2,1-2H3;2*(H,6,7). The minimum absolute atomic E-state index is 0.0649. The van der Waals surface area contributed by atoms with Gasteiger partial charge in [-0.15, -0.1) is 0 Å². The van der Waals surface area contributed by atoms with Crippen LogP contribution in [0.25, 0.3) is 16.9 Å². The van der Waals surface area contributed by atoms with Crippen LogP contribution in [0, 0.1) is 0 Å². The van der Waals surface area contributed by atoms with Gasteiger partial charge in [-0.2, -0.15) is 26.3 Å². The van der Waals surface area contributed by atoms with E-state index in [-0.39, 0.29) is 17.3 Å². The molecule has 222 valence electrons. The van der Waals surface area contributed by atoms with Crippen molar-refractivity contribution >= 4 is 50.6 Å². The molecule has 0 amide bonds. The molecule has 0 radical (unpaired) electrons. The van der Waals surface area contributed by atoms with E-state index in [1.54, 1.807) is 49.0 Å². The molecule has 0 aliphatic carbocycles. The van der Waals surface area contributed by atoms with E-state index >= 15 is 0 Å². The fraction of sp³-hybridized carbons (Fsp3) is 0.300. The number of sulfonamides is 1. The number of pyridine rings is 2. The molecule has 0 bridgehead atoms. The zero-order chi connectivity index (χ0) is 31.1. The molecule has 3 aromatic rings. The lowest BCUT2D eigenvalue weighted by Gasteiger charge is -2.13. The molecule has 0 fully saturated rings. The number of carbonyl (C=O) groups is 2. The molecule has 20 heteroatoms. The van der Waals surface area contributed by atoms with Gasteiger partial charge < -0.3 is 20.7 Å². The number of aromatic nitrogens is 3. The number of alkyl halides is 6. The predicted molar refractivity (Wildman–Crippen MR) is 129 cm³/mol. The minimum atomic E-state index is -5.08. The smallest absolute Gasteiger partial charge is 0.476 e. The number of hydrogen-bond donors (Lipinski definition) is 4. The molecule has 0 saturated heterocycles. The number of rotatable bonds is 6. The number of nitrogens with zero attached hydrogens (tertiary/aromatic N) is 3. The van der Waals surface area contributed by atoms with E-state index < -0.39 is 34.3 Å². The fourth-order valence-corrected chi connectivity index (χ4v) is 3.29. The maximum absolute atomic E-state index is 12.0. The Kier molecular flexibility index (Phi) is 11.4. The van der Waals surface area contributed by atoms with Crippen LogP contribution in [0.15, 0.2) is 30.7 Å². The van der Waals surface area contributed by atoms with E-state index in [1.807, 2.05) is 0 Å². The Labute approximate surface area is 226 Å². The van der Waals surface area contributed by atoms with Gasteiger partial charge in [-0.05, 0) is 26.0 Å². The molecule has 3 aromatic heterocycles. The molecule has 0 aromatic carbocycles. The van der Waals surface area contributed by atoms with Crippen LogP contribution in [-0.2, 0) is 19.6 Å². The number of fused-ring (bicyclic) bond motifs is 1. The normalized spacial score (nSPS) is 11.5. The van der Waals surface area contributed by atoms with E-state index in [0.717, 1.165) is 0 Å². The van der Waals surface area contributed by atoms with Crippen LogP contribution in [0.2, 0.25) is 5.02 Å². The van der Waals surface area contributed by atoms with Crippen LogP contribution in [0.3, 0.4) is 0 Å². The minimum Gasteiger partial charge on any atom is -0.476 e. The van der Waals surface area contributed by atoms with E-state index in [0.29, 0.717) is 34.2 Å². The summed E-state index contributed by atoms with van der Waals surface area (Å²) in [7, 11) is -3.49. The van der Waals surface area contributed by atoms with Crippen molar-refractivity contribution in [3.8, 4) is 17.1 Å². The second-order valence-corrected chi connectivity index (χ2v) is 9.52. The lowest BCUT2D eigenvalue weighted by Crippen LogP contribution is -2.21. The molecule has 12 nitrogen and oxygen atoms in total. The highest BCUT2D eigenvalue weighted by Gasteiger charge is 2.38. The van der Waals surface area contributed by atoms with Gasteiger partial charge in [-0.1, -0.05) is 11.6 Å². The van der Waals surface area contributed by atoms with E-state index in [4.69, 9.17) is 41.9 Å². The van der Waals surface area contributed by atoms with Crippen molar-refractivity contribution in [3.63, 3.8) is 0 Å². The van der Waals surface area contributed by atoms with E-state index in [2.05, 4.69) is 14.7 Å². The third-order valence-corrected chi connectivity index (χ3v) is 5.66. The van der Waals surface area contributed by atoms with Crippen LogP contribution in [0.4, 0.5) is 37.7 Å². The fourth-order valence-electron chi connectivity index (χ4n) is 2.45. The summed E-state index contributed by atoms with van der Waals surface area (Å²) in [4.78, 5) is 26.3. The number of imidazole rings is 1. The van der Waals surface area contributed by atoms with Crippen molar-refractivity contribution in [2.24, 2.45) is 0 Å². The SMILES string of the molecule is CCOc1ncc(-c2cnc3c(N)cc(Cl)cn23)cc1NS(=O)(=O)CC.O=C(O)C(F)(F)F.O=C(O)C(F)(F)F.